The van der Waals surface area contributed by atoms with Gasteiger partial charge in [0, 0.05) is 43.9 Å². The highest BCUT2D eigenvalue weighted by atomic mass is 35.5. The Kier molecular flexibility index (Phi) is 3.93. The molecule has 0 unspecified atom stereocenters. The van der Waals surface area contributed by atoms with Gasteiger partial charge in [0.15, 0.2) is 0 Å². The van der Waals surface area contributed by atoms with Crippen molar-refractivity contribution in [2.24, 2.45) is 7.05 Å². The van der Waals surface area contributed by atoms with Crippen LogP contribution in [0.3, 0.4) is 0 Å². The Morgan fingerprint density at radius 1 is 1.28 bits per heavy atom. The molecule has 1 aliphatic rings. The van der Waals surface area contributed by atoms with Crippen molar-refractivity contribution in [3.8, 4) is 11.3 Å². The molecule has 4 rings (SSSR count). The van der Waals surface area contributed by atoms with Gasteiger partial charge in [0.2, 0.25) is 0 Å². The van der Waals surface area contributed by atoms with Crippen LogP contribution in [-0.4, -0.2) is 42.1 Å². The highest BCUT2D eigenvalue weighted by molar-refractivity contribution is 6.29. The van der Waals surface area contributed by atoms with Gasteiger partial charge in [-0.2, -0.15) is 5.10 Å². The number of rotatable bonds is 2. The number of fused-ring (bicyclic) bond motifs is 1. The Labute approximate surface area is 149 Å². The molecule has 0 bridgehead atoms. The number of nitrogens with zero attached hydrogens (tertiary/aromatic N) is 6. The molecule has 8 heteroatoms. The molecule has 3 aromatic heterocycles. The fourth-order valence-electron chi connectivity index (χ4n) is 3.00. The Morgan fingerprint density at radius 2 is 2.16 bits per heavy atom. The van der Waals surface area contributed by atoms with E-state index in [0.29, 0.717) is 30.4 Å². The van der Waals surface area contributed by atoms with Crippen molar-refractivity contribution in [2.75, 3.05) is 6.54 Å². The van der Waals surface area contributed by atoms with Gasteiger partial charge in [-0.3, -0.25) is 9.48 Å². The van der Waals surface area contributed by atoms with Gasteiger partial charge in [-0.25, -0.2) is 15.0 Å². The van der Waals surface area contributed by atoms with Crippen LogP contribution in [-0.2, 0) is 20.0 Å². The highest BCUT2D eigenvalue weighted by Gasteiger charge is 2.26. The summed E-state index contributed by atoms with van der Waals surface area (Å²) in [6, 6.07) is 5.05. The Hall–Kier alpha value is -2.80. The average molecular weight is 355 g/mol. The lowest BCUT2D eigenvalue weighted by Gasteiger charge is -2.28. The molecule has 25 heavy (non-hydrogen) atoms. The second-order valence-corrected chi connectivity index (χ2v) is 6.26. The first-order valence-corrected chi connectivity index (χ1v) is 8.23. The zero-order valence-corrected chi connectivity index (χ0v) is 14.3. The third kappa shape index (κ3) is 2.98. The van der Waals surface area contributed by atoms with E-state index in [9.17, 15) is 4.79 Å². The summed E-state index contributed by atoms with van der Waals surface area (Å²) in [4.78, 5) is 27.4. The van der Waals surface area contributed by atoms with Crippen LogP contribution in [0.4, 0.5) is 0 Å². The molecule has 1 amide bonds. The van der Waals surface area contributed by atoms with Crippen LogP contribution in [0, 0.1) is 0 Å². The first kappa shape index (κ1) is 15.7. The number of carbonyl (C=O) groups is 1. The third-order valence-corrected chi connectivity index (χ3v) is 4.41. The molecule has 0 radical (unpaired) electrons. The molecule has 126 valence electrons. The fraction of sp³-hybridized carbons (Fsp3) is 0.235. The second-order valence-electron chi connectivity index (χ2n) is 5.87. The predicted molar refractivity (Wildman–Crippen MR) is 91.9 cm³/mol. The van der Waals surface area contributed by atoms with Crippen molar-refractivity contribution in [1.82, 2.24) is 29.6 Å². The van der Waals surface area contributed by atoms with Crippen LogP contribution in [0.2, 0.25) is 5.15 Å². The molecule has 0 aromatic carbocycles. The van der Waals surface area contributed by atoms with Gasteiger partial charge >= 0.3 is 0 Å². The monoisotopic (exact) mass is 354 g/mol. The lowest BCUT2D eigenvalue weighted by molar-refractivity contribution is 0.0727. The Morgan fingerprint density at radius 3 is 2.92 bits per heavy atom. The van der Waals surface area contributed by atoms with Gasteiger partial charge < -0.3 is 4.90 Å². The SMILES string of the molecule is Cn1cc(-c2ncnc3c2CN(C(=O)c2cccc(Cl)n2)CC3)cn1. The molecule has 0 saturated heterocycles. The van der Waals surface area contributed by atoms with E-state index in [-0.39, 0.29) is 5.91 Å². The van der Waals surface area contributed by atoms with Gasteiger partial charge in [-0.1, -0.05) is 17.7 Å². The Bertz CT molecular complexity index is 954. The van der Waals surface area contributed by atoms with Gasteiger partial charge in [-0.15, -0.1) is 0 Å². The topological polar surface area (TPSA) is 76.8 Å². The Balaban J connectivity index is 1.67. The number of pyridine rings is 1. The van der Waals surface area contributed by atoms with Crippen molar-refractivity contribution < 1.29 is 4.79 Å². The molecular formula is C17H15ClN6O. The van der Waals surface area contributed by atoms with E-state index in [2.05, 4.69) is 20.1 Å². The minimum Gasteiger partial charge on any atom is -0.332 e. The normalized spacial score (nSPS) is 13.6. The first-order chi connectivity index (χ1) is 12.1. The van der Waals surface area contributed by atoms with Crippen LogP contribution < -0.4 is 0 Å². The molecule has 0 fully saturated rings. The van der Waals surface area contributed by atoms with Gasteiger partial charge in [0.25, 0.3) is 5.91 Å². The van der Waals surface area contributed by atoms with Crippen LogP contribution >= 0.6 is 11.6 Å². The number of halogens is 1. The number of carbonyl (C=O) groups excluding carboxylic acids is 1. The molecule has 0 aliphatic carbocycles. The summed E-state index contributed by atoms with van der Waals surface area (Å²) in [6.07, 6.45) is 5.92. The van der Waals surface area contributed by atoms with E-state index < -0.39 is 0 Å². The lowest BCUT2D eigenvalue weighted by atomic mass is 10.0. The molecule has 0 N–H and O–H groups in total. The summed E-state index contributed by atoms with van der Waals surface area (Å²) in [7, 11) is 1.86. The minimum atomic E-state index is -0.144. The summed E-state index contributed by atoms with van der Waals surface area (Å²) in [6.45, 7) is 1.02. The largest absolute Gasteiger partial charge is 0.332 e. The maximum atomic E-state index is 12.8. The molecule has 7 nitrogen and oxygen atoms in total. The van der Waals surface area contributed by atoms with Gasteiger partial charge in [-0.05, 0) is 12.1 Å². The molecule has 0 saturated carbocycles. The van der Waals surface area contributed by atoms with E-state index >= 15 is 0 Å². The molecule has 0 spiro atoms. The van der Waals surface area contributed by atoms with Crippen LogP contribution in [0.25, 0.3) is 11.3 Å². The molecule has 3 aromatic rings. The summed E-state index contributed by atoms with van der Waals surface area (Å²) < 4.78 is 1.73. The average Bonchev–Trinajstić information content (AvgIpc) is 3.06. The van der Waals surface area contributed by atoms with E-state index in [1.54, 1.807) is 40.3 Å². The van der Waals surface area contributed by atoms with Crippen molar-refractivity contribution in [3.63, 3.8) is 0 Å². The number of aromatic nitrogens is 5. The minimum absolute atomic E-state index is 0.144. The van der Waals surface area contributed by atoms with Crippen LogP contribution in [0.5, 0.6) is 0 Å². The van der Waals surface area contributed by atoms with E-state index in [4.69, 9.17) is 11.6 Å². The van der Waals surface area contributed by atoms with E-state index in [0.717, 1.165) is 22.5 Å². The third-order valence-electron chi connectivity index (χ3n) is 4.20. The summed E-state index contributed by atoms with van der Waals surface area (Å²) in [5.41, 5.74) is 4.00. The summed E-state index contributed by atoms with van der Waals surface area (Å²) in [5, 5.41) is 4.51. The second kappa shape index (κ2) is 6.25. The predicted octanol–water partition coefficient (Wildman–Crippen LogP) is 2.12. The fourth-order valence-corrected chi connectivity index (χ4v) is 3.16. The number of hydrogen-bond acceptors (Lipinski definition) is 5. The van der Waals surface area contributed by atoms with Crippen LogP contribution in [0.15, 0.2) is 36.9 Å². The molecule has 1 aliphatic heterocycles. The number of amides is 1. The van der Waals surface area contributed by atoms with Gasteiger partial charge in [0.1, 0.15) is 17.2 Å². The quantitative estimate of drug-likeness (QED) is 0.659. The molecule has 0 atom stereocenters. The van der Waals surface area contributed by atoms with Crippen molar-refractivity contribution in [1.29, 1.82) is 0 Å². The maximum Gasteiger partial charge on any atom is 0.272 e. The van der Waals surface area contributed by atoms with Crippen molar-refractivity contribution in [3.05, 3.63) is 59.0 Å². The van der Waals surface area contributed by atoms with Crippen molar-refractivity contribution >= 4 is 17.5 Å². The number of hydrogen-bond donors (Lipinski definition) is 0. The summed E-state index contributed by atoms with van der Waals surface area (Å²) >= 11 is 5.91. The zero-order chi connectivity index (χ0) is 17.4. The molecule has 4 heterocycles. The van der Waals surface area contributed by atoms with Crippen LogP contribution in [0.1, 0.15) is 21.7 Å². The van der Waals surface area contributed by atoms with E-state index in [1.165, 1.54) is 0 Å². The highest BCUT2D eigenvalue weighted by Crippen LogP contribution is 2.27. The standard InChI is InChI=1S/C17H15ClN6O/c1-23-8-11(7-21-23)16-12-9-24(6-5-13(12)19-10-20-16)17(25)14-3-2-4-15(18)22-14/h2-4,7-8,10H,5-6,9H2,1H3. The van der Waals surface area contributed by atoms with E-state index in [1.807, 2.05) is 13.2 Å². The molecular weight excluding hydrogens is 340 g/mol. The van der Waals surface area contributed by atoms with Crippen molar-refractivity contribution in [2.45, 2.75) is 13.0 Å². The smallest absolute Gasteiger partial charge is 0.272 e. The number of aryl methyl sites for hydroxylation is 1. The summed E-state index contributed by atoms with van der Waals surface area (Å²) in [5.74, 6) is -0.144. The first-order valence-electron chi connectivity index (χ1n) is 7.85. The van der Waals surface area contributed by atoms with Gasteiger partial charge in [0.05, 0.1) is 17.6 Å². The maximum absolute atomic E-state index is 12.8. The zero-order valence-electron chi connectivity index (χ0n) is 13.6. The lowest BCUT2D eigenvalue weighted by Crippen LogP contribution is -2.37.